The molecule has 3 aromatic rings. The zero-order valence-electron chi connectivity index (χ0n) is 13.5. The highest BCUT2D eigenvalue weighted by Gasteiger charge is 2.31. The van der Waals surface area contributed by atoms with Crippen LogP contribution in [0, 0.1) is 6.92 Å². The summed E-state index contributed by atoms with van der Waals surface area (Å²) in [5, 5.41) is 6.34. The molecular formula is C19H19N3S2. The second-order valence-electron chi connectivity index (χ2n) is 6.04. The number of benzene rings is 1. The van der Waals surface area contributed by atoms with Gasteiger partial charge < -0.3 is 14.8 Å². The summed E-state index contributed by atoms with van der Waals surface area (Å²) in [5.41, 5.74) is 3.58. The van der Waals surface area contributed by atoms with E-state index in [0.717, 1.165) is 23.9 Å². The van der Waals surface area contributed by atoms with Crippen LogP contribution < -0.4 is 5.32 Å². The van der Waals surface area contributed by atoms with Crippen molar-refractivity contribution in [3.05, 3.63) is 76.2 Å². The SMILES string of the molecule is Cc1cccc(NC(=S)N2CCn3cccc3C2c2cccs2)c1. The van der Waals surface area contributed by atoms with Crippen molar-refractivity contribution < 1.29 is 0 Å². The van der Waals surface area contributed by atoms with E-state index < -0.39 is 0 Å². The number of nitrogens with one attached hydrogen (secondary N) is 1. The molecule has 0 saturated heterocycles. The molecule has 4 rings (SSSR count). The summed E-state index contributed by atoms with van der Waals surface area (Å²) < 4.78 is 2.33. The Kier molecular flexibility index (Phi) is 4.12. The summed E-state index contributed by atoms with van der Waals surface area (Å²) >= 11 is 7.55. The lowest BCUT2D eigenvalue weighted by atomic mass is 10.1. The molecule has 24 heavy (non-hydrogen) atoms. The molecule has 1 aliphatic heterocycles. The Morgan fingerprint density at radius 3 is 2.88 bits per heavy atom. The van der Waals surface area contributed by atoms with Gasteiger partial charge in [-0.05, 0) is 60.4 Å². The highest BCUT2D eigenvalue weighted by atomic mass is 32.1. The van der Waals surface area contributed by atoms with Gasteiger partial charge in [-0.15, -0.1) is 11.3 Å². The summed E-state index contributed by atoms with van der Waals surface area (Å²) in [5.74, 6) is 0. The van der Waals surface area contributed by atoms with Gasteiger partial charge in [0.25, 0.3) is 0 Å². The number of aromatic nitrogens is 1. The van der Waals surface area contributed by atoms with Crippen LogP contribution in [0.3, 0.4) is 0 Å². The lowest BCUT2D eigenvalue weighted by Crippen LogP contribution is -2.44. The molecule has 1 unspecified atom stereocenters. The minimum atomic E-state index is 0.179. The minimum absolute atomic E-state index is 0.179. The van der Waals surface area contributed by atoms with Crippen LogP contribution in [-0.2, 0) is 6.54 Å². The van der Waals surface area contributed by atoms with E-state index in [4.69, 9.17) is 12.2 Å². The predicted octanol–water partition coefficient (Wildman–Crippen LogP) is 4.66. The van der Waals surface area contributed by atoms with E-state index in [9.17, 15) is 0 Å². The van der Waals surface area contributed by atoms with E-state index in [2.05, 4.69) is 81.8 Å². The Balaban J connectivity index is 1.65. The third-order valence-corrected chi connectivity index (χ3v) is 5.64. The van der Waals surface area contributed by atoms with Crippen LogP contribution >= 0.6 is 23.6 Å². The van der Waals surface area contributed by atoms with Crippen molar-refractivity contribution in [3.8, 4) is 0 Å². The van der Waals surface area contributed by atoms with Crippen LogP contribution in [0.1, 0.15) is 22.2 Å². The van der Waals surface area contributed by atoms with E-state index in [-0.39, 0.29) is 6.04 Å². The lowest BCUT2D eigenvalue weighted by molar-refractivity contribution is 0.297. The second-order valence-corrected chi connectivity index (χ2v) is 7.40. The van der Waals surface area contributed by atoms with Gasteiger partial charge >= 0.3 is 0 Å². The topological polar surface area (TPSA) is 20.2 Å². The van der Waals surface area contributed by atoms with E-state index in [1.165, 1.54) is 16.1 Å². The van der Waals surface area contributed by atoms with Crippen molar-refractivity contribution in [2.75, 3.05) is 11.9 Å². The molecule has 1 atom stereocenters. The first kappa shape index (κ1) is 15.4. The standard InChI is InChI=1S/C19H19N3S2/c1-14-5-2-6-15(13-14)20-19(23)22-11-10-21-9-3-7-16(21)18(22)17-8-4-12-24-17/h2-9,12-13,18H,10-11H2,1H3,(H,20,23). The first-order chi connectivity index (χ1) is 11.7. The predicted molar refractivity (Wildman–Crippen MR) is 105 cm³/mol. The summed E-state index contributed by atoms with van der Waals surface area (Å²) in [4.78, 5) is 3.63. The van der Waals surface area contributed by atoms with E-state index in [1.54, 1.807) is 11.3 Å². The average Bonchev–Trinajstić information content (AvgIpc) is 3.25. The van der Waals surface area contributed by atoms with Crippen LogP contribution in [0.5, 0.6) is 0 Å². The number of thiophene rings is 1. The molecule has 0 bridgehead atoms. The monoisotopic (exact) mass is 353 g/mol. The van der Waals surface area contributed by atoms with Crippen molar-refractivity contribution >= 4 is 34.4 Å². The zero-order chi connectivity index (χ0) is 16.5. The van der Waals surface area contributed by atoms with Gasteiger partial charge in [-0.2, -0.15) is 0 Å². The highest BCUT2D eigenvalue weighted by molar-refractivity contribution is 7.80. The molecule has 0 aliphatic carbocycles. The molecular weight excluding hydrogens is 334 g/mol. The zero-order valence-corrected chi connectivity index (χ0v) is 15.1. The smallest absolute Gasteiger partial charge is 0.174 e. The number of nitrogens with zero attached hydrogens (tertiary/aromatic N) is 2. The first-order valence-electron chi connectivity index (χ1n) is 8.05. The van der Waals surface area contributed by atoms with Gasteiger partial charge in [0.05, 0.1) is 0 Å². The maximum atomic E-state index is 5.76. The molecule has 122 valence electrons. The van der Waals surface area contributed by atoms with Gasteiger partial charge in [0.15, 0.2) is 5.11 Å². The van der Waals surface area contributed by atoms with Crippen LogP contribution in [-0.4, -0.2) is 21.1 Å². The van der Waals surface area contributed by atoms with Crippen LogP contribution in [0.15, 0.2) is 60.1 Å². The summed E-state index contributed by atoms with van der Waals surface area (Å²) in [6, 6.07) is 17.1. The Morgan fingerprint density at radius 1 is 1.17 bits per heavy atom. The van der Waals surface area contributed by atoms with Crippen molar-refractivity contribution in [1.29, 1.82) is 0 Å². The Hall–Kier alpha value is -2.11. The number of rotatable bonds is 2. The van der Waals surface area contributed by atoms with Crippen molar-refractivity contribution in [2.24, 2.45) is 0 Å². The van der Waals surface area contributed by atoms with Gasteiger partial charge in [0.1, 0.15) is 6.04 Å². The quantitative estimate of drug-likeness (QED) is 0.677. The van der Waals surface area contributed by atoms with Crippen molar-refractivity contribution in [3.63, 3.8) is 0 Å². The normalized spacial score (nSPS) is 16.7. The molecule has 0 fully saturated rings. The van der Waals surface area contributed by atoms with E-state index in [0.29, 0.717) is 0 Å². The second kappa shape index (κ2) is 6.42. The largest absolute Gasteiger partial charge is 0.347 e. The fraction of sp³-hybridized carbons (Fsp3) is 0.211. The lowest BCUT2D eigenvalue weighted by Gasteiger charge is -2.38. The highest BCUT2D eigenvalue weighted by Crippen LogP contribution is 2.35. The maximum Gasteiger partial charge on any atom is 0.174 e. The molecule has 0 amide bonds. The average molecular weight is 354 g/mol. The van der Waals surface area contributed by atoms with Gasteiger partial charge in [0, 0.05) is 35.5 Å². The molecule has 5 heteroatoms. The van der Waals surface area contributed by atoms with Gasteiger partial charge in [-0.3, -0.25) is 0 Å². The summed E-state index contributed by atoms with van der Waals surface area (Å²) in [6.45, 7) is 3.96. The maximum absolute atomic E-state index is 5.76. The molecule has 1 N–H and O–H groups in total. The van der Waals surface area contributed by atoms with Gasteiger partial charge in [0.2, 0.25) is 0 Å². The number of fused-ring (bicyclic) bond motifs is 1. The number of aryl methyl sites for hydroxylation is 1. The van der Waals surface area contributed by atoms with Crippen LogP contribution in [0.2, 0.25) is 0 Å². The van der Waals surface area contributed by atoms with Gasteiger partial charge in [-0.1, -0.05) is 18.2 Å². The molecule has 0 radical (unpaired) electrons. The minimum Gasteiger partial charge on any atom is -0.347 e. The summed E-state index contributed by atoms with van der Waals surface area (Å²) in [6.07, 6.45) is 2.16. The molecule has 0 spiro atoms. The number of hydrogen-bond donors (Lipinski definition) is 1. The van der Waals surface area contributed by atoms with Crippen LogP contribution in [0.25, 0.3) is 0 Å². The molecule has 3 heterocycles. The first-order valence-corrected chi connectivity index (χ1v) is 9.34. The fourth-order valence-corrected chi connectivity index (χ4v) is 4.43. The number of thiocarbonyl (C=S) groups is 1. The summed E-state index contributed by atoms with van der Waals surface area (Å²) in [7, 11) is 0. The molecule has 3 nitrogen and oxygen atoms in total. The number of anilines is 1. The third-order valence-electron chi connectivity index (χ3n) is 4.38. The molecule has 1 aliphatic rings. The van der Waals surface area contributed by atoms with Gasteiger partial charge in [-0.25, -0.2) is 0 Å². The fourth-order valence-electron chi connectivity index (χ4n) is 3.27. The molecule has 0 saturated carbocycles. The third kappa shape index (κ3) is 2.85. The van der Waals surface area contributed by atoms with E-state index >= 15 is 0 Å². The molecule has 2 aromatic heterocycles. The number of hydrogen-bond acceptors (Lipinski definition) is 2. The Labute approximate surface area is 151 Å². The Bertz CT molecular complexity index is 851. The van der Waals surface area contributed by atoms with Crippen LogP contribution in [0.4, 0.5) is 5.69 Å². The van der Waals surface area contributed by atoms with Crippen molar-refractivity contribution in [2.45, 2.75) is 19.5 Å². The van der Waals surface area contributed by atoms with E-state index in [1.807, 2.05) is 0 Å². The Morgan fingerprint density at radius 2 is 2.08 bits per heavy atom. The van der Waals surface area contributed by atoms with Crippen molar-refractivity contribution in [1.82, 2.24) is 9.47 Å². The molecule has 1 aromatic carbocycles.